The Labute approximate surface area is 164 Å². The molecule has 1 fully saturated rings. The molecule has 2 rings (SSSR count). The summed E-state index contributed by atoms with van der Waals surface area (Å²) in [6.45, 7) is 12.2. The Balaban J connectivity index is 2.19. The van der Waals surface area contributed by atoms with E-state index in [2.05, 4.69) is 39.9 Å². The average molecular weight is 402 g/mol. The lowest BCUT2D eigenvalue weighted by Crippen LogP contribution is -2.48. The maximum Gasteiger partial charge on any atom is 0.192 e. The number of halogens is 2. The molecule has 0 aliphatic heterocycles. The second-order valence-electron chi connectivity index (χ2n) is 8.16. The van der Waals surface area contributed by atoms with E-state index >= 15 is 0 Å². The normalized spacial score (nSPS) is 18.8. The lowest BCUT2D eigenvalue weighted by atomic mass is 9.68. The maximum atomic E-state index is 6.81. The molecule has 0 heterocycles. The molecule has 0 saturated heterocycles. The van der Waals surface area contributed by atoms with Crippen LogP contribution >= 0.6 is 23.2 Å². The summed E-state index contributed by atoms with van der Waals surface area (Å²) in [4.78, 5) is 0. The summed E-state index contributed by atoms with van der Waals surface area (Å²) >= 11 is 13.0. The number of rotatable bonds is 9. The first-order chi connectivity index (χ1) is 11.8. The van der Waals surface area contributed by atoms with Gasteiger partial charge in [-0.05, 0) is 48.5 Å². The van der Waals surface area contributed by atoms with Gasteiger partial charge in [0.1, 0.15) is 0 Å². The Morgan fingerprint density at radius 2 is 1.64 bits per heavy atom. The van der Waals surface area contributed by atoms with Gasteiger partial charge in [-0.3, -0.25) is 0 Å². The van der Waals surface area contributed by atoms with Crippen LogP contribution in [-0.2, 0) is 4.43 Å². The van der Waals surface area contributed by atoms with Crippen LogP contribution in [0, 0.1) is 5.41 Å². The highest BCUT2D eigenvalue weighted by molar-refractivity contribution is 6.73. The molecule has 1 aliphatic rings. The highest BCUT2D eigenvalue weighted by Gasteiger charge is 2.38. The van der Waals surface area contributed by atoms with Crippen molar-refractivity contribution in [1.29, 1.82) is 0 Å². The molecule has 0 radical (unpaired) electrons. The molecule has 0 spiro atoms. The Morgan fingerprint density at radius 1 is 1.12 bits per heavy atom. The third-order valence-electron chi connectivity index (χ3n) is 5.84. The highest BCUT2D eigenvalue weighted by Crippen LogP contribution is 2.41. The minimum atomic E-state index is -1.76. The molecule has 1 aliphatic carbocycles. The van der Waals surface area contributed by atoms with E-state index in [1.54, 1.807) is 0 Å². The van der Waals surface area contributed by atoms with E-state index in [0.717, 1.165) is 30.2 Å². The topological polar surface area (TPSA) is 21.3 Å². The van der Waals surface area contributed by atoms with Crippen LogP contribution in [0.2, 0.25) is 28.2 Å². The molecule has 1 saturated carbocycles. The summed E-state index contributed by atoms with van der Waals surface area (Å²) in [6.07, 6.45) is 2.36. The van der Waals surface area contributed by atoms with Crippen molar-refractivity contribution in [2.45, 2.75) is 77.7 Å². The van der Waals surface area contributed by atoms with E-state index in [0.29, 0.717) is 21.5 Å². The fourth-order valence-electron chi connectivity index (χ4n) is 4.02. The zero-order valence-electron chi connectivity index (χ0n) is 16.3. The summed E-state index contributed by atoms with van der Waals surface area (Å²) in [7, 11) is -1.76. The fraction of sp³-hybridized carbons (Fsp3) is 0.700. The van der Waals surface area contributed by atoms with Crippen LogP contribution in [0.3, 0.4) is 0 Å². The zero-order chi connectivity index (χ0) is 18.7. The third kappa shape index (κ3) is 5.23. The summed E-state index contributed by atoms with van der Waals surface area (Å²) in [5, 5.41) is 5.12. The van der Waals surface area contributed by atoms with E-state index in [9.17, 15) is 0 Å². The van der Waals surface area contributed by atoms with Gasteiger partial charge in [0.05, 0.1) is 6.10 Å². The molecule has 25 heavy (non-hydrogen) atoms. The third-order valence-corrected chi connectivity index (χ3v) is 11.1. The van der Waals surface area contributed by atoms with Crippen LogP contribution in [0.25, 0.3) is 0 Å². The van der Waals surface area contributed by atoms with E-state index in [1.165, 1.54) is 12.8 Å². The number of benzene rings is 1. The Morgan fingerprint density at radius 3 is 2.08 bits per heavy atom. The van der Waals surface area contributed by atoms with Crippen molar-refractivity contribution in [3.05, 3.63) is 33.8 Å². The second-order valence-corrected chi connectivity index (χ2v) is 13.7. The molecule has 0 amide bonds. The number of hydrogen-bond acceptors (Lipinski definition) is 2. The quantitative estimate of drug-likeness (QED) is 0.457. The molecule has 5 heteroatoms. The van der Waals surface area contributed by atoms with Crippen molar-refractivity contribution in [2.75, 3.05) is 6.54 Å². The summed E-state index contributed by atoms with van der Waals surface area (Å²) in [6, 6.07) is 9.66. The van der Waals surface area contributed by atoms with Crippen molar-refractivity contribution in [1.82, 2.24) is 5.32 Å². The fourth-order valence-corrected chi connectivity index (χ4v) is 7.46. The number of hydrogen-bond donors (Lipinski definition) is 1. The zero-order valence-corrected chi connectivity index (χ0v) is 18.8. The molecule has 1 atom stereocenters. The van der Waals surface area contributed by atoms with Crippen molar-refractivity contribution in [3.8, 4) is 0 Å². The van der Waals surface area contributed by atoms with Gasteiger partial charge in [0, 0.05) is 28.2 Å². The van der Waals surface area contributed by atoms with Gasteiger partial charge >= 0.3 is 0 Å². The smallest absolute Gasteiger partial charge is 0.192 e. The Bertz CT molecular complexity index is 538. The van der Waals surface area contributed by atoms with E-state index < -0.39 is 8.32 Å². The molecular formula is C20H33Cl2NOSi. The molecule has 1 aromatic carbocycles. The van der Waals surface area contributed by atoms with Gasteiger partial charge < -0.3 is 9.74 Å². The first kappa shape index (κ1) is 21.2. The Kier molecular flexibility index (Phi) is 7.43. The van der Waals surface area contributed by atoms with E-state index in [4.69, 9.17) is 27.6 Å². The van der Waals surface area contributed by atoms with Gasteiger partial charge in [0.2, 0.25) is 0 Å². The first-order valence-corrected chi connectivity index (χ1v) is 12.9. The van der Waals surface area contributed by atoms with Crippen molar-refractivity contribution in [2.24, 2.45) is 5.41 Å². The predicted molar refractivity (Wildman–Crippen MR) is 112 cm³/mol. The van der Waals surface area contributed by atoms with Crippen LogP contribution in [0.1, 0.15) is 59.1 Å². The van der Waals surface area contributed by atoms with E-state index in [1.807, 2.05) is 18.2 Å². The molecule has 0 bridgehead atoms. The average Bonchev–Trinajstić information content (AvgIpc) is 2.55. The van der Waals surface area contributed by atoms with Crippen molar-refractivity contribution >= 4 is 31.5 Å². The predicted octanol–water partition coefficient (Wildman–Crippen LogP) is 6.83. The van der Waals surface area contributed by atoms with Crippen molar-refractivity contribution < 1.29 is 4.43 Å². The Hall–Kier alpha value is -0.0631. The molecule has 1 unspecified atom stereocenters. The monoisotopic (exact) mass is 401 g/mol. The molecule has 142 valence electrons. The molecule has 0 aromatic heterocycles. The van der Waals surface area contributed by atoms with Crippen LogP contribution in [0.5, 0.6) is 0 Å². The highest BCUT2D eigenvalue weighted by atomic mass is 35.5. The van der Waals surface area contributed by atoms with Gasteiger partial charge in [0.15, 0.2) is 8.32 Å². The van der Waals surface area contributed by atoms with Crippen molar-refractivity contribution in [3.63, 3.8) is 0 Å². The largest absolute Gasteiger partial charge is 0.409 e. The van der Waals surface area contributed by atoms with Gasteiger partial charge in [-0.15, -0.1) is 0 Å². The number of nitrogens with one attached hydrogen (secondary N) is 1. The minimum Gasteiger partial charge on any atom is -0.409 e. The molecular weight excluding hydrogens is 369 g/mol. The lowest BCUT2D eigenvalue weighted by molar-refractivity contribution is 0.106. The summed E-state index contributed by atoms with van der Waals surface area (Å²) < 4.78 is 6.81. The first-order valence-electron chi connectivity index (χ1n) is 9.61. The van der Waals surface area contributed by atoms with Crippen LogP contribution < -0.4 is 5.32 Å². The minimum absolute atomic E-state index is 0.0728. The van der Waals surface area contributed by atoms with Gasteiger partial charge in [-0.25, -0.2) is 0 Å². The summed E-state index contributed by atoms with van der Waals surface area (Å²) in [5.74, 6) is 0. The maximum absolute atomic E-state index is 6.81. The van der Waals surface area contributed by atoms with Gasteiger partial charge in [0.25, 0.3) is 0 Å². The van der Waals surface area contributed by atoms with Crippen LogP contribution in [0.15, 0.2) is 18.2 Å². The second kappa shape index (κ2) is 8.75. The van der Waals surface area contributed by atoms with Gasteiger partial charge in [-0.2, -0.15) is 0 Å². The van der Waals surface area contributed by atoms with Crippen LogP contribution in [0.4, 0.5) is 0 Å². The molecule has 1 N–H and O–H groups in total. The van der Waals surface area contributed by atoms with Gasteiger partial charge in [-0.1, -0.05) is 63.9 Å². The molecule has 2 nitrogen and oxygen atoms in total. The SMILES string of the molecule is CC[Si](CC)(CC)OC(CNC1CC(C)(C)C1)c1c(Cl)cccc1Cl. The summed E-state index contributed by atoms with van der Waals surface area (Å²) in [5.41, 5.74) is 1.41. The van der Waals surface area contributed by atoms with Crippen LogP contribution in [-0.4, -0.2) is 20.9 Å². The molecule has 1 aromatic rings. The lowest BCUT2D eigenvalue weighted by Gasteiger charge is -2.44. The van der Waals surface area contributed by atoms with E-state index in [-0.39, 0.29) is 6.10 Å². The standard InChI is InChI=1S/C20H33Cl2NOSi/c1-6-25(7-2,8-3)24-18(14-23-15-12-20(4,5)13-15)19-16(21)10-9-11-17(19)22/h9-11,15,18,23H,6-8,12-14H2,1-5H3.